The van der Waals surface area contributed by atoms with Crippen molar-refractivity contribution in [2.24, 2.45) is 0 Å². The van der Waals surface area contributed by atoms with Crippen LogP contribution in [0.4, 0.5) is 0 Å². The second kappa shape index (κ2) is 6.96. The van der Waals surface area contributed by atoms with Gasteiger partial charge in [-0.05, 0) is 29.8 Å². The highest BCUT2D eigenvalue weighted by atomic mass is 16.5. The number of phenolic OH excluding ortho intramolecular Hbond substituents is 1. The van der Waals surface area contributed by atoms with Crippen molar-refractivity contribution >= 4 is 0 Å². The molecule has 0 saturated heterocycles. The van der Waals surface area contributed by atoms with Crippen LogP contribution in [0.25, 0.3) is 0 Å². The number of ether oxygens (including phenoxy) is 1. The summed E-state index contributed by atoms with van der Waals surface area (Å²) >= 11 is 0. The van der Waals surface area contributed by atoms with Crippen LogP contribution in [0.1, 0.15) is 18.1 Å². The molecule has 2 aromatic carbocycles. The number of aromatic hydroxyl groups is 1. The van der Waals surface area contributed by atoms with Gasteiger partial charge in [0.25, 0.3) is 0 Å². The summed E-state index contributed by atoms with van der Waals surface area (Å²) in [6, 6.07) is 15.9. The smallest absolute Gasteiger partial charge is 0.160 e. The molecule has 0 fully saturated rings. The second-order valence-corrected chi connectivity index (χ2v) is 4.80. The SMILES string of the molecule is CCN(Cc1ccccc1)Cc1ccc(O)c(OC)c1. The molecule has 0 radical (unpaired) electrons. The van der Waals surface area contributed by atoms with Crippen molar-refractivity contribution < 1.29 is 9.84 Å². The molecular formula is C17H21NO2. The first-order valence-corrected chi connectivity index (χ1v) is 6.85. The van der Waals surface area contributed by atoms with Gasteiger partial charge in [-0.15, -0.1) is 0 Å². The molecule has 0 aliphatic rings. The Balaban J connectivity index is 2.06. The molecule has 0 heterocycles. The third kappa shape index (κ3) is 3.75. The molecular weight excluding hydrogens is 250 g/mol. The maximum Gasteiger partial charge on any atom is 0.160 e. The zero-order chi connectivity index (χ0) is 14.4. The third-order valence-electron chi connectivity index (χ3n) is 3.35. The number of phenols is 1. The maximum atomic E-state index is 9.62. The molecule has 0 aliphatic carbocycles. The van der Waals surface area contributed by atoms with Crippen LogP contribution < -0.4 is 4.74 Å². The molecule has 0 aliphatic heterocycles. The van der Waals surface area contributed by atoms with Gasteiger partial charge in [-0.1, -0.05) is 43.3 Å². The van der Waals surface area contributed by atoms with Crippen LogP contribution >= 0.6 is 0 Å². The summed E-state index contributed by atoms with van der Waals surface area (Å²) in [6.07, 6.45) is 0. The predicted molar refractivity (Wildman–Crippen MR) is 80.9 cm³/mol. The fourth-order valence-corrected chi connectivity index (χ4v) is 2.20. The molecule has 0 aromatic heterocycles. The van der Waals surface area contributed by atoms with Gasteiger partial charge in [0, 0.05) is 13.1 Å². The molecule has 0 bridgehead atoms. The van der Waals surface area contributed by atoms with Crippen molar-refractivity contribution in [2.75, 3.05) is 13.7 Å². The van der Waals surface area contributed by atoms with Gasteiger partial charge >= 0.3 is 0 Å². The van der Waals surface area contributed by atoms with Crippen molar-refractivity contribution in [3.05, 3.63) is 59.7 Å². The Kier molecular flexibility index (Phi) is 5.02. The number of rotatable bonds is 6. The number of benzene rings is 2. The molecule has 0 unspecified atom stereocenters. The Morgan fingerprint density at radius 3 is 2.35 bits per heavy atom. The normalized spacial score (nSPS) is 10.8. The minimum absolute atomic E-state index is 0.183. The zero-order valence-electron chi connectivity index (χ0n) is 12.0. The number of hydrogen-bond donors (Lipinski definition) is 1. The van der Waals surface area contributed by atoms with Crippen LogP contribution in [0.5, 0.6) is 11.5 Å². The fourth-order valence-electron chi connectivity index (χ4n) is 2.20. The van der Waals surface area contributed by atoms with E-state index in [0.29, 0.717) is 5.75 Å². The van der Waals surface area contributed by atoms with E-state index in [9.17, 15) is 5.11 Å². The summed E-state index contributed by atoms with van der Waals surface area (Å²) in [5, 5.41) is 9.62. The lowest BCUT2D eigenvalue weighted by Crippen LogP contribution is -2.22. The van der Waals surface area contributed by atoms with E-state index in [-0.39, 0.29) is 5.75 Å². The fraction of sp³-hybridized carbons (Fsp3) is 0.294. The highest BCUT2D eigenvalue weighted by molar-refractivity contribution is 5.41. The minimum atomic E-state index is 0.183. The van der Waals surface area contributed by atoms with E-state index in [1.165, 1.54) is 5.56 Å². The number of nitrogens with zero attached hydrogens (tertiary/aromatic N) is 1. The minimum Gasteiger partial charge on any atom is -0.504 e. The highest BCUT2D eigenvalue weighted by Gasteiger charge is 2.07. The Hall–Kier alpha value is -2.00. The van der Waals surface area contributed by atoms with Gasteiger partial charge in [-0.3, -0.25) is 4.90 Å². The van der Waals surface area contributed by atoms with E-state index in [2.05, 4.69) is 36.1 Å². The average molecular weight is 271 g/mol. The van der Waals surface area contributed by atoms with Crippen LogP contribution in [-0.4, -0.2) is 23.7 Å². The highest BCUT2D eigenvalue weighted by Crippen LogP contribution is 2.26. The van der Waals surface area contributed by atoms with Crippen LogP contribution in [0.15, 0.2) is 48.5 Å². The van der Waals surface area contributed by atoms with Crippen molar-refractivity contribution in [3.8, 4) is 11.5 Å². The lowest BCUT2D eigenvalue weighted by Gasteiger charge is -2.21. The quantitative estimate of drug-likeness (QED) is 0.873. The predicted octanol–water partition coefficient (Wildman–Crippen LogP) is 3.42. The summed E-state index contributed by atoms with van der Waals surface area (Å²) in [6.45, 7) is 4.88. The Morgan fingerprint density at radius 2 is 1.70 bits per heavy atom. The monoisotopic (exact) mass is 271 g/mol. The van der Waals surface area contributed by atoms with E-state index in [1.54, 1.807) is 13.2 Å². The summed E-state index contributed by atoms with van der Waals surface area (Å²) in [5.41, 5.74) is 2.44. The van der Waals surface area contributed by atoms with Crippen molar-refractivity contribution in [3.63, 3.8) is 0 Å². The van der Waals surface area contributed by atoms with E-state index in [1.807, 2.05) is 18.2 Å². The average Bonchev–Trinajstić information content (AvgIpc) is 2.49. The molecule has 0 saturated carbocycles. The van der Waals surface area contributed by atoms with E-state index >= 15 is 0 Å². The van der Waals surface area contributed by atoms with E-state index in [0.717, 1.165) is 25.2 Å². The molecule has 3 heteroatoms. The van der Waals surface area contributed by atoms with E-state index in [4.69, 9.17) is 4.74 Å². The van der Waals surface area contributed by atoms with Crippen molar-refractivity contribution in [1.82, 2.24) is 4.90 Å². The molecule has 0 atom stereocenters. The molecule has 20 heavy (non-hydrogen) atoms. The molecule has 3 nitrogen and oxygen atoms in total. The first-order chi connectivity index (χ1) is 9.72. The van der Waals surface area contributed by atoms with E-state index < -0.39 is 0 Å². The number of hydrogen-bond acceptors (Lipinski definition) is 3. The van der Waals surface area contributed by atoms with Gasteiger partial charge in [0.1, 0.15) is 0 Å². The lowest BCUT2D eigenvalue weighted by molar-refractivity contribution is 0.270. The molecule has 0 spiro atoms. The summed E-state index contributed by atoms with van der Waals surface area (Å²) < 4.78 is 5.15. The first-order valence-electron chi connectivity index (χ1n) is 6.85. The van der Waals surface area contributed by atoms with Crippen LogP contribution in [0.3, 0.4) is 0 Å². The van der Waals surface area contributed by atoms with Crippen LogP contribution in [0, 0.1) is 0 Å². The van der Waals surface area contributed by atoms with Crippen molar-refractivity contribution in [2.45, 2.75) is 20.0 Å². The second-order valence-electron chi connectivity index (χ2n) is 4.80. The Morgan fingerprint density at radius 1 is 1.00 bits per heavy atom. The van der Waals surface area contributed by atoms with Gasteiger partial charge in [-0.2, -0.15) is 0 Å². The lowest BCUT2D eigenvalue weighted by atomic mass is 10.1. The Labute approximate surface area is 120 Å². The molecule has 106 valence electrons. The molecule has 2 rings (SSSR count). The van der Waals surface area contributed by atoms with Crippen molar-refractivity contribution in [1.29, 1.82) is 0 Å². The topological polar surface area (TPSA) is 32.7 Å². The van der Waals surface area contributed by atoms with Gasteiger partial charge in [0.15, 0.2) is 11.5 Å². The Bertz CT molecular complexity index is 540. The first kappa shape index (κ1) is 14.4. The summed E-state index contributed by atoms with van der Waals surface area (Å²) in [4.78, 5) is 2.35. The van der Waals surface area contributed by atoms with Crippen LogP contribution in [-0.2, 0) is 13.1 Å². The standard InChI is InChI=1S/C17H21NO2/c1-3-18(12-14-7-5-4-6-8-14)13-15-9-10-16(19)17(11-15)20-2/h4-11,19H,3,12-13H2,1-2H3. The summed E-state index contributed by atoms with van der Waals surface area (Å²) in [5.74, 6) is 0.709. The number of methoxy groups -OCH3 is 1. The van der Waals surface area contributed by atoms with Gasteiger partial charge in [-0.25, -0.2) is 0 Å². The molecule has 0 amide bonds. The molecule has 2 aromatic rings. The largest absolute Gasteiger partial charge is 0.504 e. The van der Waals surface area contributed by atoms with Gasteiger partial charge < -0.3 is 9.84 Å². The zero-order valence-corrected chi connectivity index (χ0v) is 12.0. The maximum absolute atomic E-state index is 9.62. The van der Waals surface area contributed by atoms with Crippen LogP contribution in [0.2, 0.25) is 0 Å². The summed E-state index contributed by atoms with van der Waals surface area (Å²) in [7, 11) is 1.57. The van der Waals surface area contributed by atoms with Gasteiger partial charge in [0.05, 0.1) is 7.11 Å². The third-order valence-corrected chi connectivity index (χ3v) is 3.35. The molecule has 1 N–H and O–H groups in total. The van der Waals surface area contributed by atoms with Gasteiger partial charge in [0.2, 0.25) is 0 Å².